The normalized spacial score (nSPS) is 11.4. The molecule has 0 saturated heterocycles. The predicted molar refractivity (Wildman–Crippen MR) is 82.7 cm³/mol. The lowest BCUT2D eigenvalue weighted by Crippen LogP contribution is -2.30. The van der Waals surface area contributed by atoms with Gasteiger partial charge < -0.3 is 20.2 Å². The lowest BCUT2D eigenvalue weighted by molar-refractivity contribution is -0.390. The predicted octanol–water partition coefficient (Wildman–Crippen LogP) is 2.30. The molecule has 0 spiro atoms. The van der Waals surface area contributed by atoms with Crippen molar-refractivity contribution in [3.05, 3.63) is 62.8 Å². The van der Waals surface area contributed by atoms with Gasteiger partial charge in [0.05, 0.1) is 4.92 Å². The van der Waals surface area contributed by atoms with Gasteiger partial charge in [-0.2, -0.15) is 0 Å². The number of rotatable bonds is 6. The molecule has 1 aromatic carbocycles. The van der Waals surface area contributed by atoms with Crippen LogP contribution in [0.1, 0.15) is 6.92 Å². The van der Waals surface area contributed by atoms with E-state index in [2.05, 4.69) is 10.3 Å². The quantitative estimate of drug-likeness (QED) is 0.632. The van der Waals surface area contributed by atoms with E-state index in [0.29, 0.717) is 5.69 Å². The van der Waals surface area contributed by atoms with Gasteiger partial charge in [-0.1, -0.05) is 0 Å². The molecular formula is C14H12N4O6. The smallest absolute Gasteiger partial charge is 0.406 e. The Bertz CT molecular complexity index is 777. The highest BCUT2D eigenvalue weighted by molar-refractivity contribution is 5.94. The third-order valence-corrected chi connectivity index (χ3v) is 2.94. The summed E-state index contributed by atoms with van der Waals surface area (Å²) in [5.41, 5.74) is 0.227. The van der Waals surface area contributed by atoms with Crippen LogP contribution in [0.5, 0.6) is 5.75 Å². The number of ether oxygens (including phenoxy) is 1. The molecule has 0 aliphatic rings. The molecule has 0 aliphatic heterocycles. The van der Waals surface area contributed by atoms with Gasteiger partial charge in [0, 0.05) is 17.8 Å². The number of aromatic nitrogens is 1. The Morgan fingerprint density at radius 2 is 1.83 bits per heavy atom. The van der Waals surface area contributed by atoms with Crippen LogP contribution in [0.25, 0.3) is 0 Å². The van der Waals surface area contributed by atoms with Crippen molar-refractivity contribution in [3.8, 4) is 5.75 Å². The lowest BCUT2D eigenvalue weighted by atomic mass is 10.2. The molecule has 24 heavy (non-hydrogen) atoms. The molecule has 10 heteroatoms. The number of pyridine rings is 1. The number of non-ortho nitro benzene ring substituents is 1. The lowest BCUT2D eigenvalue weighted by Gasteiger charge is -2.14. The molecule has 0 saturated carbocycles. The highest BCUT2D eigenvalue weighted by Crippen LogP contribution is 2.24. The zero-order chi connectivity index (χ0) is 17.7. The number of nitro benzene ring substituents is 1. The second-order valence-corrected chi connectivity index (χ2v) is 4.64. The van der Waals surface area contributed by atoms with Crippen molar-refractivity contribution >= 4 is 23.1 Å². The summed E-state index contributed by atoms with van der Waals surface area (Å²) >= 11 is 0. The Balaban J connectivity index is 2.05. The van der Waals surface area contributed by atoms with Gasteiger partial charge in [0.15, 0.2) is 6.10 Å². The average Bonchev–Trinajstić information content (AvgIpc) is 2.55. The number of hydrogen-bond acceptors (Lipinski definition) is 7. The summed E-state index contributed by atoms with van der Waals surface area (Å²) in [4.78, 5) is 35.8. The SMILES string of the molecule is CC(Oc1cccnc1[N+](=O)[O-])C(=O)Nc1ccc([N+](=O)[O-])cc1. The largest absolute Gasteiger partial charge is 0.473 e. The highest BCUT2D eigenvalue weighted by Gasteiger charge is 2.22. The topological polar surface area (TPSA) is 138 Å². The van der Waals surface area contributed by atoms with E-state index in [1.807, 2.05) is 0 Å². The third-order valence-electron chi connectivity index (χ3n) is 2.94. The fourth-order valence-electron chi connectivity index (χ4n) is 1.77. The molecule has 1 atom stereocenters. The molecule has 0 radical (unpaired) electrons. The van der Waals surface area contributed by atoms with Crippen LogP contribution in [-0.4, -0.2) is 26.8 Å². The van der Waals surface area contributed by atoms with E-state index in [4.69, 9.17) is 4.74 Å². The molecule has 1 heterocycles. The summed E-state index contributed by atoms with van der Waals surface area (Å²) in [6.07, 6.45) is 0.204. The van der Waals surface area contributed by atoms with Crippen LogP contribution >= 0.6 is 0 Å². The van der Waals surface area contributed by atoms with E-state index in [9.17, 15) is 25.0 Å². The van der Waals surface area contributed by atoms with Crippen LogP contribution in [0.4, 0.5) is 17.2 Å². The third kappa shape index (κ3) is 4.00. The van der Waals surface area contributed by atoms with Crippen molar-refractivity contribution < 1.29 is 19.4 Å². The summed E-state index contributed by atoms with van der Waals surface area (Å²) in [6, 6.07) is 8.01. The van der Waals surface area contributed by atoms with Crippen LogP contribution in [0.3, 0.4) is 0 Å². The van der Waals surface area contributed by atoms with E-state index < -0.39 is 27.7 Å². The molecule has 1 aromatic heterocycles. The number of nitrogens with zero attached hydrogens (tertiary/aromatic N) is 3. The summed E-state index contributed by atoms with van der Waals surface area (Å²) in [7, 11) is 0. The van der Waals surface area contributed by atoms with E-state index in [1.165, 1.54) is 49.5 Å². The monoisotopic (exact) mass is 332 g/mol. The number of anilines is 1. The zero-order valence-corrected chi connectivity index (χ0v) is 12.4. The number of nitro groups is 2. The molecule has 2 rings (SSSR count). The Morgan fingerprint density at radius 1 is 1.17 bits per heavy atom. The van der Waals surface area contributed by atoms with Crippen molar-refractivity contribution in [2.45, 2.75) is 13.0 Å². The molecule has 1 unspecified atom stereocenters. The minimum atomic E-state index is -1.04. The van der Waals surface area contributed by atoms with Gasteiger partial charge in [0.25, 0.3) is 11.6 Å². The van der Waals surface area contributed by atoms with Gasteiger partial charge in [-0.3, -0.25) is 14.9 Å². The number of carbonyl (C=O) groups is 1. The first-order chi connectivity index (χ1) is 11.4. The Morgan fingerprint density at radius 3 is 2.42 bits per heavy atom. The standard InChI is InChI=1S/C14H12N4O6/c1-9(24-12-3-2-8-15-13(12)18(22)23)14(19)16-10-4-6-11(7-5-10)17(20)21/h2-9H,1H3,(H,16,19). The van der Waals surface area contributed by atoms with Gasteiger partial charge >= 0.3 is 5.82 Å². The fraction of sp³-hybridized carbons (Fsp3) is 0.143. The molecule has 1 N–H and O–H groups in total. The van der Waals surface area contributed by atoms with E-state index in [0.717, 1.165) is 0 Å². The molecular weight excluding hydrogens is 320 g/mol. The average molecular weight is 332 g/mol. The maximum absolute atomic E-state index is 12.1. The van der Waals surface area contributed by atoms with Gasteiger partial charge in [-0.05, 0) is 41.1 Å². The van der Waals surface area contributed by atoms with Gasteiger partial charge in [-0.15, -0.1) is 0 Å². The van der Waals surface area contributed by atoms with Crippen LogP contribution < -0.4 is 10.1 Å². The second kappa shape index (κ2) is 7.13. The molecule has 0 bridgehead atoms. The molecule has 124 valence electrons. The zero-order valence-electron chi connectivity index (χ0n) is 12.4. The first kappa shape index (κ1) is 16.8. The number of hydrogen-bond donors (Lipinski definition) is 1. The molecule has 0 aliphatic carbocycles. The van der Waals surface area contributed by atoms with Crippen LogP contribution in [0.2, 0.25) is 0 Å². The summed E-state index contributed by atoms with van der Waals surface area (Å²) in [6.45, 7) is 1.41. The first-order valence-corrected chi connectivity index (χ1v) is 6.70. The molecule has 1 amide bonds. The van der Waals surface area contributed by atoms with Crippen LogP contribution in [0, 0.1) is 20.2 Å². The molecule has 0 fully saturated rings. The summed E-state index contributed by atoms with van der Waals surface area (Å²) in [5.74, 6) is -1.19. The van der Waals surface area contributed by atoms with Crippen molar-refractivity contribution in [2.24, 2.45) is 0 Å². The minimum Gasteiger partial charge on any atom is -0.473 e. The van der Waals surface area contributed by atoms with E-state index >= 15 is 0 Å². The Labute approximate surface area is 135 Å². The number of benzene rings is 1. The maximum atomic E-state index is 12.1. The summed E-state index contributed by atoms with van der Waals surface area (Å²) < 4.78 is 5.28. The van der Waals surface area contributed by atoms with Crippen LogP contribution in [0.15, 0.2) is 42.6 Å². The van der Waals surface area contributed by atoms with Crippen molar-refractivity contribution in [2.75, 3.05) is 5.32 Å². The van der Waals surface area contributed by atoms with E-state index in [-0.39, 0.29) is 11.4 Å². The van der Waals surface area contributed by atoms with E-state index in [1.54, 1.807) is 0 Å². The first-order valence-electron chi connectivity index (χ1n) is 6.70. The number of nitrogens with one attached hydrogen (secondary N) is 1. The number of amides is 1. The van der Waals surface area contributed by atoms with Crippen molar-refractivity contribution in [1.82, 2.24) is 4.98 Å². The summed E-state index contributed by atoms with van der Waals surface area (Å²) in [5, 5.41) is 23.9. The Hall–Kier alpha value is -3.56. The van der Waals surface area contributed by atoms with Crippen LogP contribution in [-0.2, 0) is 4.79 Å². The Kier molecular flexibility index (Phi) is 5.00. The maximum Gasteiger partial charge on any atom is 0.406 e. The van der Waals surface area contributed by atoms with Gasteiger partial charge in [0.1, 0.15) is 6.20 Å². The minimum absolute atomic E-state index is 0.108. The van der Waals surface area contributed by atoms with Gasteiger partial charge in [0.2, 0.25) is 5.75 Å². The molecule has 2 aromatic rings. The fourth-order valence-corrected chi connectivity index (χ4v) is 1.77. The number of carbonyl (C=O) groups excluding carboxylic acids is 1. The second-order valence-electron chi connectivity index (χ2n) is 4.64. The van der Waals surface area contributed by atoms with Crippen molar-refractivity contribution in [1.29, 1.82) is 0 Å². The van der Waals surface area contributed by atoms with Crippen molar-refractivity contribution in [3.63, 3.8) is 0 Å². The molecule has 10 nitrogen and oxygen atoms in total. The van der Waals surface area contributed by atoms with Gasteiger partial charge in [-0.25, -0.2) is 0 Å². The highest BCUT2D eigenvalue weighted by atomic mass is 16.6.